The molecule has 0 fully saturated rings. The summed E-state index contributed by atoms with van der Waals surface area (Å²) in [5.41, 5.74) is 1.53. The predicted molar refractivity (Wildman–Crippen MR) is 124 cm³/mol. The smallest absolute Gasteiger partial charge is 0.273 e. The molecule has 4 heterocycles. The fourth-order valence-corrected chi connectivity index (χ4v) is 5.00. The Kier molecular flexibility index (Phi) is 5.73. The van der Waals surface area contributed by atoms with Crippen LogP contribution in [0.25, 0.3) is 16.0 Å². The highest BCUT2D eigenvalue weighted by Gasteiger charge is 2.19. The maximum Gasteiger partial charge on any atom is 0.273 e. The number of hydrogen-bond donors (Lipinski definition) is 1. The van der Waals surface area contributed by atoms with Crippen molar-refractivity contribution < 1.29 is 9.21 Å². The van der Waals surface area contributed by atoms with Crippen molar-refractivity contribution in [2.24, 2.45) is 0 Å². The first-order valence-corrected chi connectivity index (χ1v) is 11.9. The second-order valence-corrected chi connectivity index (χ2v) is 9.21. The average molecular weight is 486 g/mol. The van der Waals surface area contributed by atoms with Gasteiger partial charge in [0.15, 0.2) is 5.16 Å². The van der Waals surface area contributed by atoms with Gasteiger partial charge in [-0.15, -0.1) is 21.5 Å². The molecule has 8 nitrogen and oxygen atoms in total. The minimum atomic E-state index is -0.149. The number of hydrogen-bond acceptors (Lipinski definition) is 7. The van der Waals surface area contributed by atoms with Gasteiger partial charge in [0.05, 0.1) is 24.1 Å². The first-order chi connectivity index (χ1) is 15.6. The Morgan fingerprint density at radius 3 is 2.81 bits per heavy atom. The monoisotopic (exact) mass is 485 g/mol. The van der Waals surface area contributed by atoms with E-state index in [9.17, 15) is 9.59 Å². The maximum atomic E-state index is 13.0. The number of carbonyl (C=O) groups excluding carboxylic acids is 1. The molecule has 5 aromatic rings. The third-order valence-corrected chi connectivity index (χ3v) is 6.88. The normalized spacial score (nSPS) is 11.4. The van der Waals surface area contributed by atoms with Crippen LogP contribution in [0.1, 0.15) is 11.3 Å². The van der Waals surface area contributed by atoms with Gasteiger partial charge in [0.25, 0.3) is 5.56 Å². The second kappa shape index (κ2) is 8.81. The Morgan fingerprint density at radius 2 is 2.03 bits per heavy atom. The molecule has 162 valence electrons. The number of amides is 1. The maximum absolute atomic E-state index is 13.0. The molecule has 0 aliphatic rings. The van der Waals surface area contributed by atoms with Crippen LogP contribution in [0, 0.1) is 0 Å². The molecule has 0 radical (unpaired) electrons. The van der Waals surface area contributed by atoms with E-state index < -0.39 is 0 Å². The van der Waals surface area contributed by atoms with Crippen molar-refractivity contribution in [3.05, 3.63) is 80.8 Å². The summed E-state index contributed by atoms with van der Waals surface area (Å²) in [7, 11) is 0. The average Bonchev–Trinajstić information content (AvgIpc) is 3.55. The van der Waals surface area contributed by atoms with Gasteiger partial charge in [-0.25, -0.2) is 0 Å². The number of carbonyl (C=O) groups is 1. The number of benzene rings is 1. The zero-order valence-electron chi connectivity index (χ0n) is 16.5. The van der Waals surface area contributed by atoms with E-state index in [1.165, 1.54) is 27.7 Å². The second-order valence-electron chi connectivity index (χ2n) is 6.92. The molecule has 0 aliphatic carbocycles. The molecule has 1 N–H and O–H groups in total. The Bertz CT molecular complexity index is 1450. The molecule has 11 heteroatoms. The van der Waals surface area contributed by atoms with Crippen LogP contribution in [0.15, 0.2) is 68.5 Å². The molecular formula is C21H16ClN5O3S2. The van der Waals surface area contributed by atoms with Gasteiger partial charge in [0.1, 0.15) is 10.5 Å². The van der Waals surface area contributed by atoms with E-state index in [1.54, 1.807) is 30.5 Å². The molecule has 1 amide bonds. The van der Waals surface area contributed by atoms with E-state index >= 15 is 0 Å². The van der Waals surface area contributed by atoms with Gasteiger partial charge in [-0.1, -0.05) is 35.5 Å². The molecule has 0 atom stereocenters. The fraction of sp³-hybridized carbons (Fsp3) is 0.143. The number of fused-ring (bicyclic) bond motifs is 3. The van der Waals surface area contributed by atoms with Crippen molar-refractivity contribution in [3.63, 3.8) is 0 Å². The summed E-state index contributed by atoms with van der Waals surface area (Å²) in [6, 6.07) is 12.7. The summed E-state index contributed by atoms with van der Waals surface area (Å²) in [5, 5.41) is 14.4. The summed E-state index contributed by atoms with van der Waals surface area (Å²) in [6.45, 7) is 0.655. The molecular weight excluding hydrogens is 470 g/mol. The Hall–Kier alpha value is -3.08. The summed E-state index contributed by atoms with van der Waals surface area (Å²) in [4.78, 5) is 25.4. The summed E-state index contributed by atoms with van der Waals surface area (Å²) < 4.78 is 9.36. The van der Waals surface area contributed by atoms with E-state index in [4.69, 9.17) is 16.0 Å². The number of aromatic nitrogens is 4. The van der Waals surface area contributed by atoms with Crippen molar-refractivity contribution in [3.8, 4) is 0 Å². The summed E-state index contributed by atoms with van der Waals surface area (Å²) in [5.74, 6) is 1.08. The molecule has 0 spiro atoms. The molecule has 0 bridgehead atoms. The van der Waals surface area contributed by atoms with Crippen LogP contribution in [-0.4, -0.2) is 30.8 Å². The van der Waals surface area contributed by atoms with E-state index in [2.05, 4.69) is 15.5 Å². The topological polar surface area (TPSA) is 94.4 Å². The molecule has 0 saturated carbocycles. The van der Waals surface area contributed by atoms with E-state index in [0.717, 1.165) is 11.1 Å². The molecule has 1 aromatic carbocycles. The van der Waals surface area contributed by atoms with Crippen molar-refractivity contribution >= 4 is 56.6 Å². The van der Waals surface area contributed by atoms with Gasteiger partial charge in [-0.3, -0.25) is 18.6 Å². The van der Waals surface area contributed by atoms with Crippen molar-refractivity contribution in [2.75, 3.05) is 5.75 Å². The predicted octanol–water partition coefficient (Wildman–Crippen LogP) is 3.81. The standard InChI is InChI=1S/C21H16ClN5O3S2/c22-14-5-3-13(4-6-14)10-23-17(28)12-32-21-25-24-20-26(11-15-2-1-8-30-15)19(29)18-16(27(20)21)7-9-31-18/h1-9H,10-12H2,(H,23,28). The number of nitrogens with zero attached hydrogens (tertiary/aromatic N) is 4. The lowest BCUT2D eigenvalue weighted by Gasteiger charge is -2.08. The van der Waals surface area contributed by atoms with Crippen LogP contribution in [0.3, 0.4) is 0 Å². The molecule has 4 aromatic heterocycles. The van der Waals surface area contributed by atoms with Gasteiger partial charge in [0.2, 0.25) is 11.7 Å². The Balaban J connectivity index is 1.39. The van der Waals surface area contributed by atoms with Crippen LogP contribution in [0.5, 0.6) is 0 Å². The van der Waals surface area contributed by atoms with Crippen LogP contribution >= 0.6 is 34.7 Å². The van der Waals surface area contributed by atoms with E-state index in [1.807, 2.05) is 28.0 Å². The lowest BCUT2D eigenvalue weighted by molar-refractivity contribution is -0.118. The minimum absolute atomic E-state index is 0.132. The molecule has 5 rings (SSSR count). The molecule has 0 unspecified atom stereocenters. The number of thiophene rings is 1. The van der Waals surface area contributed by atoms with Crippen LogP contribution in [-0.2, 0) is 17.9 Å². The van der Waals surface area contributed by atoms with Crippen LogP contribution in [0.4, 0.5) is 0 Å². The highest BCUT2D eigenvalue weighted by molar-refractivity contribution is 7.99. The van der Waals surface area contributed by atoms with Crippen LogP contribution < -0.4 is 10.9 Å². The lowest BCUT2D eigenvalue weighted by atomic mass is 10.2. The van der Waals surface area contributed by atoms with Gasteiger partial charge >= 0.3 is 0 Å². The van der Waals surface area contributed by atoms with Gasteiger partial charge in [-0.05, 0) is 41.3 Å². The third kappa shape index (κ3) is 4.04. The van der Waals surface area contributed by atoms with Crippen molar-refractivity contribution in [1.29, 1.82) is 0 Å². The van der Waals surface area contributed by atoms with E-state index in [0.29, 0.717) is 33.0 Å². The first kappa shape index (κ1) is 20.8. The number of rotatable bonds is 7. The largest absolute Gasteiger partial charge is 0.467 e. The van der Waals surface area contributed by atoms with Crippen molar-refractivity contribution in [1.82, 2.24) is 24.5 Å². The SMILES string of the molecule is O=C(CSc1nnc2n(Cc3ccco3)c(=O)c3sccc3n12)NCc1ccc(Cl)cc1. The number of nitrogens with one attached hydrogen (secondary N) is 1. The summed E-state index contributed by atoms with van der Waals surface area (Å²) in [6.07, 6.45) is 1.56. The first-order valence-electron chi connectivity index (χ1n) is 9.61. The zero-order chi connectivity index (χ0) is 22.1. The quantitative estimate of drug-likeness (QED) is 0.352. The third-order valence-electron chi connectivity index (χ3n) is 4.81. The lowest BCUT2D eigenvalue weighted by Crippen LogP contribution is -2.25. The van der Waals surface area contributed by atoms with Gasteiger partial charge < -0.3 is 9.73 Å². The summed E-state index contributed by atoms with van der Waals surface area (Å²) >= 11 is 8.52. The number of thioether (sulfide) groups is 1. The number of halogens is 1. The number of furan rings is 1. The minimum Gasteiger partial charge on any atom is -0.467 e. The van der Waals surface area contributed by atoms with Crippen molar-refractivity contribution in [2.45, 2.75) is 18.2 Å². The molecule has 0 aliphatic heterocycles. The van der Waals surface area contributed by atoms with Crippen LogP contribution in [0.2, 0.25) is 5.02 Å². The fourth-order valence-electron chi connectivity index (χ4n) is 3.28. The van der Waals surface area contributed by atoms with E-state index in [-0.39, 0.29) is 23.8 Å². The highest BCUT2D eigenvalue weighted by atomic mass is 35.5. The molecule has 0 saturated heterocycles. The van der Waals surface area contributed by atoms with Gasteiger partial charge in [0, 0.05) is 11.6 Å². The zero-order valence-corrected chi connectivity index (χ0v) is 18.9. The Morgan fingerprint density at radius 1 is 1.19 bits per heavy atom. The Labute approximate surface area is 194 Å². The molecule has 32 heavy (non-hydrogen) atoms. The highest BCUT2D eigenvalue weighted by Crippen LogP contribution is 2.24. The van der Waals surface area contributed by atoms with Gasteiger partial charge in [-0.2, -0.15) is 0 Å².